The summed E-state index contributed by atoms with van der Waals surface area (Å²) in [5, 5.41) is 3.25. The third kappa shape index (κ3) is 4.04. The Labute approximate surface area is 191 Å². The number of nitrogens with two attached hydrogens (primary N) is 1. The molecule has 0 radical (unpaired) electrons. The molecule has 1 aromatic carbocycles. The highest BCUT2D eigenvalue weighted by atomic mass is 19.4. The second-order valence-electron chi connectivity index (χ2n) is 8.62. The molecular formula is C24H21F4N5O. The standard InChI is InChI=1S/C24H21F4N5O/c25-17-7-8-19-22(18(29)9-20(32-19)24(26,27)28)21(17)13-1-4-15(5-2-13)31-23(34)14-3-6-16-10-30-12-33(16)11-14/h3,6-13,15H,1-2,4-5H2,(H2,29,32)(H,31,34). The summed E-state index contributed by atoms with van der Waals surface area (Å²) >= 11 is 0. The van der Waals surface area contributed by atoms with Crippen LogP contribution in [0.2, 0.25) is 0 Å². The Bertz CT molecular complexity index is 1390. The van der Waals surface area contributed by atoms with Gasteiger partial charge in [0.2, 0.25) is 0 Å². The van der Waals surface area contributed by atoms with Crippen molar-refractivity contribution < 1.29 is 22.4 Å². The van der Waals surface area contributed by atoms with Crippen molar-refractivity contribution in [3.8, 4) is 0 Å². The first-order valence-electron chi connectivity index (χ1n) is 10.9. The van der Waals surface area contributed by atoms with Crippen LogP contribution in [0.4, 0.5) is 23.2 Å². The lowest BCUT2D eigenvalue weighted by Crippen LogP contribution is -2.37. The first-order chi connectivity index (χ1) is 16.2. The van der Waals surface area contributed by atoms with Crippen LogP contribution < -0.4 is 11.1 Å². The Morgan fingerprint density at radius 2 is 1.88 bits per heavy atom. The van der Waals surface area contributed by atoms with Crippen LogP contribution in [0.3, 0.4) is 0 Å². The number of aromatic nitrogens is 3. The van der Waals surface area contributed by atoms with Gasteiger partial charge in [-0.15, -0.1) is 0 Å². The van der Waals surface area contributed by atoms with Crippen molar-refractivity contribution in [1.29, 1.82) is 0 Å². The molecule has 6 nitrogen and oxygen atoms in total. The molecule has 1 fully saturated rings. The van der Waals surface area contributed by atoms with E-state index in [4.69, 9.17) is 5.73 Å². The summed E-state index contributed by atoms with van der Waals surface area (Å²) < 4.78 is 56.0. The number of pyridine rings is 2. The fraction of sp³-hybridized carbons (Fsp3) is 0.292. The number of nitrogen functional groups attached to an aromatic ring is 1. The number of imidazole rings is 1. The number of fused-ring (bicyclic) bond motifs is 2. The number of alkyl halides is 3. The Kier molecular flexibility index (Phi) is 5.38. The summed E-state index contributed by atoms with van der Waals surface area (Å²) in [4.78, 5) is 20.4. The number of anilines is 1. The second-order valence-corrected chi connectivity index (χ2v) is 8.62. The third-order valence-corrected chi connectivity index (χ3v) is 6.42. The number of carbonyl (C=O) groups is 1. The van der Waals surface area contributed by atoms with Gasteiger partial charge in [0.15, 0.2) is 0 Å². The number of halogens is 4. The van der Waals surface area contributed by atoms with Crippen LogP contribution in [-0.2, 0) is 6.18 Å². The molecule has 4 aromatic rings. The molecule has 3 aromatic heterocycles. The predicted octanol–water partition coefficient (Wildman–Crippen LogP) is 5.08. The van der Waals surface area contributed by atoms with Gasteiger partial charge < -0.3 is 15.5 Å². The summed E-state index contributed by atoms with van der Waals surface area (Å²) in [6, 6.07) is 6.58. The third-order valence-electron chi connectivity index (χ3n) is 6.42. The molecule has 5 rings (SSSR count). The monoisotopic (exact) mass is 471 g/mol. The number of hydrogen-bond donors (Lipinski definition) is 2. The highest BCUT2D eigenvalue weighted by molar-refractivity contribution is 5.95. The number of amides is 1. The highest BCUT2D eigenvalue weighted by Gasteiger charge is 2.34. The van der Waals surface area contributed by atoms with Crippen LogP contribution in [0.15, 0.2) is 49.1 Å². The summed E-state index contributed by atoms with van der Waals surface area (Å²) in [6.07, 6.45) is 2.70. The zero-order valence-electron chi connectivity index (χ0n) is 17.9. The molecule has 3 heterocycles. The highest BCUT2D eigenvalue weighted by Crippen LogP contribution is 2.41. The van der Waals surface area contributed by atoms with E-state index in [-0.39, 0.29) is 34.5 Å². The average Bonchev–Trinajstić information content (AvgIpc) is 3.27. The molecule has 34 heavy (non-hydrogen) atoms. The van der Waals surface area contributed by atoms with Crippen molar-refractivity contribution in [2.75, 3.05) is 5.73 Å². The number of carbonyl (C=O) groups excluding carboxylic acids is 1. The normalized spacial score (nSPS) is 18.9. The van der Waals surface area contributed by atoms with Gasteiger partial charge >= 0.3 is 6.18 Å². The first-order valence-corrected chi connectivity index (χ1v) is 10.9. The Balaban J connectivity index is 1.33. The van der Waals surface area contributed by atoms with E-state index in [1.807, 2.05) is 6.07 Å². The number of benzene rings is 1. The van der Waals surface area contributed by atoms with Gasteiger partial charge in [-0.1, -0.05) is 0 Å². The number of hydrogen-bond acceptors (Lipinski definition) is 4. The quantitative estimate of drug-likeness (QED) is 0.408. The van der Waals surface area contributed by atoms with Crippen LogP contribution in [0.5, 0.6) is 0 Å². The van der Waals surface area contributed by atoms with Gasteiger partial charge in [0.25, 0.3) is 5.91 Å². The Morgan fingerprint density at radius 1 is 1.12 bits per heavy atom. The lowest BCUT2D eigenvalue weighted by molar-refractivity contribution is -0.140. The molecular weight excluding hydrogens is 450 g/mol. The number of rotatable bonds is 3. The van der Waals surface area contributed by atoms with Crippen molar-refractivity contribution in [1.82, 2.24) is 19.7 Å². The first kappa shape index (κ1) is 22.1. The zero-order chi connectivity index (χ0) is 24.0. The number of nitrogens with one attached hydrogen (secondary N) is 1. The van der Waals surface area contributed by atoms with Crippen LogP contribution in [-0.4, -0.2) is 26.3 Å². The lowest BCUT2D eigenvalue weighted by Gasteiger charge is -2.30. The summed E-state index contributed by atoms with van der Waals surface area (Å²) in [5.41, 5.74) is 6.41. The Hall–Kier alpha value is -3.69. The SMILES string of the molecule is Nc1cc(C(F)(F)F)nc2ccc(F)c(C3CCC(NC(=O)c4ccc5cncn5c4)CC3)c12. The van der Waals surface area contributed by atoms with Gasteiger partial charge in [-0.05, 0) is 61.9 Å². The molecule has 0 spiro atoms. The molecule has 3 N–H and O–H groups in total. The van der Waals surface area contributed by atoms with E-state index in [1.54, 1.807) is 29.2 Å². The van der Waals surface area contributed by atoms with Crippen LogP contribution in [0.25, 0.3) is 16.4 Å². The molecule has 0 atom stereocenters. The van der Waals surface area contributed by atoms with Crippen molar-refractivity contribution in [3.63, 3.8) is 0 Å². The molecule has 10 heteroatoms. The van der Waals surface area contributed by atoms with Gasteiger partial charge in [0.1, 0.15) is 11.5 Å². The van der Waals surface area contributed by atoms with E-state index in [0.717, 1.165) is 17.6 Å². The van der Waals surface area contributed by atoms with Gasteiger partial charge in [0, 0.05) is 28.9 Å². The molecule has 0 saturated heterocycles. The molecule has 1 aliphatic rings. The minimum Gasteiger partial charge on any atom is -0.398 e. The maximum Gasteiger partial charge on any atom is 0.433 e. The van der Waals surface area contributed by atoms with E-state index < -0.39 is 17.7 Å². The van der Waals surface area contributed by atoms with Crippen molar-refractivity contribution in [2.24, 2.45) is 0 Å². The van der Waals surface area contributed by atoms with Crippen molar-refractivity contribution in [3.05, 3.63) is 71.7 Å². The summed E-state index contributed by atoms with van der Waals surface area (Å²) in [6.45, 7) is 0. The topological polar surface area (TPSA) is 85.3 Å². The van der Waals surface area contributed by atoms with Crippen molar-refractivity contribution in [2.45, 2.75) is 43.8 Å². The molecule has 0 aliphatic heterocycles. The molecule has 1 amide bonds. The zero-order valence-corrected chi connectivity index (χ0v) is 17.9. The second kappa shape index (κ2) is 8.27. The van der Waals surface area contributed by atoms with Crippen LogP contribution in [0.1, 0.15) is 53.2 Å². The van der Waals surface area contributed by atoms with Crippen LogP contribution >= 0.6 is 0 Å². The van der Waals surface area contributed by atoms with Gasteiger partial charge in [-0.25, -0.2) is 14.4 Å². The van der Waals surface area contributed by atoms with Gasteiger partial charge in [-0.2, -0.15) is 13.2 Å². The molecule has 176 valence electrons. The lowest BCUT2D eigenvalue weighted by atomic mass is 9.80. The molecule has 0 unspecified atom stereocenters. The van der Waals surface area contributed by atoms with Gasteiger partial charge in [-0.3, -0.25) is 4.79 Å². The van der Waals surface area contributed by atoms with E-state index in [2.05, 4.69) is 15.3 Å². The minimum absolute atomic E-state index is 0.0223. The maximum atomic E-state index is 14.9. The Morgan fingerprint density at radius 3 is 2.62 bits per heavy atom. The molecule has 1 saturated carbocycles. The van der Waals surface area contributed by atoms with E-state index in [9.17, 15) is 22.4 Å². The van der Waals surface area contributed by atoms with Crippen LogP contribution in [0, 0.1) is 5.82 Å². The minimum atomic E-state index is -4.64. The average molecular weight is 471 g/mol. The largest absolute Gasteiger partial charge is 0.433 e. The fourth-order valence-electron chi connectivity index (χ4n) is 4.75. The van der Waals surface area contributed by atoms with Gasteiger partial charge in [0.05, 0.1) is 29.1 Å². The smallest absolute Gasteiger partial charge is 0.398 e. The van der Waals surface area contributed by atoms with E-state index >= 15 is 0 Å². The summed E-state index contributed by atoms with van der Waals surface area (Å²) in [7, 11) is 0. The molecule has 0 bridgehead atoms. The fourth-order valence-corrected chi connectivity index (χ4v) is 4.75. The van der Waals surface area contributed by atoms with E-state index in [0.29, 0.717) is 36.8 Å². The predicted molar refractivity (Wildman–Crippen MR) is 119 cm³/mol. The summed E-state index contributed by atoms with van der Waals surface area (Å²) in [5.74, 6) is -0.953. The van der Waals surface area contributed by atoms with E-state index in [1.165, 1.54) is 6.07 Å². The van der Waals surface area contributed by atoms with Crippen molar-refractivity contribution >= 4 is 28.0 Å². The molecule has 1 aliphatic carbocycles. The number of nitrogens with zero attached hydrogens (tertiary/aromatic N) is 3. The maximum absolute atomic E-state index is 14.9.